The Morgan fingerprint density at radius 2 is 1.87 bits per heavy atom. The van der Waals surface area contributed by atoms with E-state index >= 15 is 0 Å². The van der Waals surface area contributed by atoms with Gasteiger partial charge in [-0.1, -0.05) is 23.3 Å². The Hall–Kier alpha value is -0.900. The predicted octanol–water partition coefficient (Wildman–Crippen LogP) is 4.06. The molecule has 0 radical (unpaired) electrons. The first-order valence-electron chi connectivity index (χ1n) is 8.83. The average molecular weight is 320 g/mol. The van der Waals surface area contributed by atoms with Crippen LogP contribution in [-0.4, -0.2) is 34.6 Å². The number of rotatable bonds is 0. The summed E-state index contributed by atoms with van der Waals surface area (Å²) in [6.07, 6.45) is 8.65. The van der Waals surface area contributed by atoms with Crippen LogP contribution in [0.5, 0.6) is 0 Å². The Bertz CT molecular complexity index is 511. The van der Waals surface area contributed by atoms with Gasteiger partial charge in [0, 0.05) is 0 Å². The third-order valence-electron chi connectivity index (χ3n) is 5.27. The van der Waals surface area contributed by atoms with E-state index in [0.29, 0.717) is 12.8 Å². The van der Waals surface area contributed by atoms with Crippen LogP contribution in [0.25, 0.3) is 0 Å². The van der Waals surface area contributed by atoms with E-state index in [-0.39, 0.29) is 6.10 Å². The van der Waals surface area contributed by atoms with Crippen molar-refractivity contribution in [2.24, 2.45) is 0 Å². The van der Waals surface area contributed by atoms with Crippen molar-refractivity contribution < 1.29 is 14.9 Å². The Balaban J connectivity index is 2.20. The minimum atomic E-state index is -1.02. The van der Waals surface area contributed by atoms with Crippen LogP contribution in [-0.2, 0) is 4.74 Å². The smallest absolute Gasteiger partial charge is 0.0977 e. The third-order valence-corrected chi connectivity index (χ3v) is 5.27. The molecule has 0 saturated heterocycles. The quantitative estimate of drug-likeness (QED) is 0.662. The fourth-order valence-corrected chi connectivity index (χ4v) is 3.38. The van der Waals surface area contributed by atoms with Gasteiger partial charge in [-0.3, -0.25) is 0 Å². The van der Waals surface area contributed by atoms with Crippen molar-refractivity contribution >= 4 is 0 Å². The van der Waals surface area contributed by atoms with Crippen LogP contribution in [0.2, 0.25) is 0 Å². The number of fused-ring (bicyclic) bond motifs is 1. The molecule has 130 valence electrons. The lowest BCUT2D eigenvalue weighted by Gasteiger charge is -2.29. The molecule has 3 nitrogen and oxygen atoms in total. The summed E-state index contributed by atoms with van der Waals surface area (Å²) in [5.41, 5.74) is 4.33. The van der Waals surface area contributed by atoms with Gasteiger partial charge in [-0.2, -0.15) is 0 Å². The number of allylic oxidation sites excluding steroid dienone is 3. The average Bonchev–Trinajstić information content (AvgIpc) is 2.82. The molecule has 23 heavy (non-hydrogen) atoms. The fourth-order valence-electron chi connectivity index (χ4n) is 3.38. The second-order valence-electron chi connectivity index (χ2n) is 7.55. The molecule has 2 aliphatic rings. The largest absolute Gasteiger partial charge is 0.390 e. The molecule has 1 aliphatic heterocycles. The molecule has 1 aliphatic carbocycles. The number of hydrogen-bond donors (Lipinski definition) is 2. The standard InChI is InChI=1S/C20H32O3/c1-14-6-5-11-20(4,22)19(21)10-8-15(2)12-18-17(9-7-14)16(3)13-23-18/h6,12,18-19,21-22H,5,7-11,13H2,1-4H3/b14-6+,15-12+/t18-,19+,20-/m0/s1. The maximum absolute atomic E-state index is 10.5. The van der Waals surface area contributed by atoms with Crippen LogP contribution in [0.15, 0.2) is 34.4 Å². The lowest BCUT2D eigenvalue weighted by atomic mass is 9.88. The molecular formula is C20H32O3. The van der Waals surface area contributed by atoms with Crippen molar-refractivity contribution in [2.75, 3.05) is 6.61 Å². The first-order chi connectivity index (χ1) is 10.8. The molecule has 0 fully saturated rings. The van der Waals surface area contributed by atoms with Crippen molar-refractivity contribution in [3.8, 4) is 0 Å². The van der Waals surface area contributed by atoms with Crippen LogP contribution in [0.1, 0.15) is 66.2 Å². The van der Waals surface area contributed by atoms with E-state index < -0.39 is 11.7 Å². The van der Waals surface area contributed by atoms with E-state index in [2.05, 4.69) is 32.9 Å². The molecular weight excluding hydrogens is 288 g/mol. The van der Waals surface area contributed by atoms with Crippen LogP contribution < -0.4 is 0 Å². The maximum atomic E-state index is 10.5. The van der Waals surface area contributed by atoms with Crippen molar-refractivity contribution in [1.82, 2.24) is 0 Å². The van der Waals surface area contributed by atoms with Gasteiger partial charge in [0.25, 0.3) is 0 Å². The summed E-state index contributed by atoms with van der Waals surface area (Å²) in [6.45, 7) is 8.88. The molecule has 0 aromatic carbocycles. The molecule has 0 aromatic heterocycles. The summed E-state index contributed by atoms with van der Waals surface area (Å²) in [4.78, 5) is 0. The summed E-state index contributed by atoms with van der Waals surface area (Å²) < 4.78 is 5.92. The molecule has 0 bridgehead atoms. The highest BCUT2D eigenvalue weighted by molar-refractivity contribution is 5.28. The van der Waals surface area contributed by atoms with Gasteiger partial charge in [-0.25, -0.2) is 0 Å². The molecule has 3 heteroatoms. The first-order valence-corrected chi connectivity index (χ1v) is 8.83. The molecule has 0 saturated carbocycles. The van der Waals surface area contributed by atoms with Crippen LogP contribution >= 0.6 is 0 Å². The zero-order valence-electron chi connectivity index (χ0n) is 15.1. The number of aliphatic hydroxyl groups is 2. The zero-order chi connectivity index (χ0) is 17.0. The van der Waals surface area contributed by atoms with E-state index in [1.54, 1.807) is 6.92 Å². The zero-order valence-corrected chi connectivity index (χ0v) is 15.1. The maximum Gasteiger partial charge on any atom is 0.0977 e. The highest BCUT2D eigenvalue weighted by atomic mass is 16.5. The molecule has 2 rings (SSSR count). The van der Waals surface area contributed by atoms with Crippen LogP contribution in [0.3, 0.4) is 0 Å². The molecule has 0 spiro atoms. The summed E-state index contributed by atoms with van der Waals surface area (Å²) in [5, 5.41) is 20.8. The van der Waals surface area contributed by atoms with E-state index in [0.717, 1.165) is 32.3 Å². The highest BCUT2D eigenvalue weighted by Gasteiger charge is 2.29. The summed E-state index contributed by atoms with van der Waals surface area (Å²) >= 11 is 0. The molecule has 1 heterocycles. The van der Waals surface area contributed by atoms with E-state index in [9.17, 15) is 10.2 Å². The van der Waals surface area contributed by atoms with Gasteiger partial charge in [-0.05, 0) is 77.4 Å². The Labute approximate surface area is 140 Å². The number of aliphatic hydroxyl groups excluding tert-OH is 1. The molecule has 0 aromatic rings. The highest BCUT2D eigenvalue weighted by Crippen LogP contribution is 2.30. The minimum Gasteiger partial charge on any atom is -0.390 e. The van der Waals surface area contributed by atoms with Crippen molar-refractivity contribution in [3.63, 3.8) is 0 Å². The Morgan fingerprint density at radius 3 is 2.61 bits per heavy atom. The third kappa shape index (κ3) is 5.03. The summed E-state index contributed by atoms with van der Waals surface area (Å²) in [6, 6.07) is 0. The molecule has 3 atom stereocenters. The monoisotopic (exact) mass is 320 g/mol. The van der Waals surface area contributed by atoms with Gasteiger partial charge in [0.05, 0.1) is 24.4 Å². The molecule has 0 amide bonds. The first kappa shape index (κ1) is 18.4. The lowest BCUT2D eigenvalue weighted by molar-refractivity contribution is -0.0691. The van der Waals surface area contributed by atoms with E-state index in [1.165, 1.54) is 22.3 Å². The second kappa shape index (κ2) is 7.78. The van der Waals surface area contributed by atoms with Gasteiger partial charge in [-0.15, -0.1) is 0 Å². The SMILES string of the molecule is CC1=C2CC/C(C)=C/CC[C@](C)(O)[C@H](O)CC/C(C)=C/[C@@H]2OC1. The number of hydrogen-bond acceptors (Lipinski definition) is 3. The van der Waals surface area contributed by atoms with E-state index in [1.807, 2.05) is 0 Å². The minimum absolute atomic E-state index is 0.0865. The van der Waals surface area contributed by atoms with Crippen LogP contribution in [0, 0.1) is 0 Å². The normalized spacial score (nSPS) is 39.0. The fraction of sp³-hybridized carbons (Fsp3) is 0.700. The van der Waals surface area contributed by atoms with Gasteiger partial charge in [0.15, 0.2) is 0 Å². The Morgan fingerprint density at radius 1 is 1.13 bits per heavy atom. The van der Waals surface area contributed by atoms with Crippen molar-refractivity contribution in [3.05, 3.63) is 34.4 Å². The van der Waals surface area contributed by atoms with Crippen LogP contribution in [0.4, 0.5) is 0 Å². The second-order valence-corrected chi connectivity index (χ2v) is 7.55. The summed E-state index contributed by atoms with van der Waals surface area (Å²) in [5.74, 6) is 0. The van der Waals surface area contributed by atoms with Gasteiger partial charge in [0.1, 0.15) is 0 Å². The van der Waals surface area contributed by atoms with E-state index in [4.69, 9.17) is 4.74 Å². The van der Waals surface area contributed by atoms with Gasteiger partial charge >= 0.3 is 0 Å². The predicted molar refractivity (Wildman–Crippen MR) is 94.3 cm³/mol. The topological polar surface area (TPSA) is 49.7 Å². The van der Waals surface area contributed by atoms with Gasteiger partial charge in [0.2, 0.25) is 0 Å². The van der Waals surface area contributed by atoms with Gasteiger partial charge < -0.3 is 14.9 Å². The Kier molecular flexibility index (Phi) is 6.24. The van der Waals surface area contributed by atoms with Crippen molar-refractivity contribution in [2.45, 2.75) is 84.0 Å². The number of ether oxygens (including phenoxy) is 1. The lowest BCUT2D eigenvalue weighted by Crippen LogP contribution is -2.39. The molecule has 2 N–H and O–H groups in total. The molecule has 0 unspecified atom stereocenters. The summed E-state index contributed by atoms with van der Waals surface area (Å²) in [7, 11) is 0. The van der Waals surface area contributed by atoms with Crippen molar-refractivity contribution in [1.29, 1.82) is 0 Å².